The smallest absolute Gasteiger partial charge is 0.364 e. The summed E-state index contributed by atoms with van der Waals surface area (Å²) in [5.74, 6) is -0.0320. The van der Waals surface area contributed by atoms with Crippen LogP contribution >= 0.6 is 0 Å². The first-order valence-electron chi connectivity index (χ1n) is 6.79. The maximum atomic E-state index is 12.1. The molecule has 1 aliphatic heterocycles. The molecule has 0 radical (unpaired) electrons. The number of ether oxygens (including phenoxy) is 1. The number of carbonyl (C=O) groups excluding carboxylic acids is 1. The van der Waals surface area contributed by atoms with Crippen molar-refractivity contribution in [1.82, 2.24) is 0 Å². The number of allylic oxidation sites excluding steroid dienone is 1. The summed E-state index contributed by atoms with van der Waals surface area (Å²) in [6.45, 7) is 3.91. The van der Waals surface area contributed by atoms with Gasteiger partial charge in [-0.05, 0) is 37.1 Å². The van der Waals surface area contributed by atoms with Gasteiger partial charge in [0.2, 0.25) is 5.90 Å². The first-order chi connectivity index (χ1) is 10.1. The number of aryl methyl sites for hydroxylation is 1. The van der Waals surface area contributed by atoms with Crippen molar-refractivity contribution in [3.8, 4) is 0 Å². The maximum Gasteiger partial charge on any atom is 0.364 e. The van der Waals surface area contributed by atoms with E-state index in [4.69, 9.17) is 4.74 Å². The molecule has 3 nitrogen and oxygen atoms in total. The van der Waals surface area contributed by atoms with Crippen LogP contribution in [0.3, 0.4) is 0 Å². The Morgan fingerprint density at radius 1 is 1.05 bits per heavy atom. The molecule has 0 N–H and O–H groups in total. The number of esters is 1. The van der Waals surface area contributed by atoms with E-state index in [-0.39, 0.29) is 0 Å². The fourth-order valence-corrected chi connectivity index (χ4v) is 2.26. The molecule has 0 saturated heterocycles. The molecule has 0 fully saturated rings. The van der Waals surface area contributed by atoms with E-state index in [9.17, 15) is 4.79 Å². The van der Waals surface area contributed by atoms with Gasteiger partial charge in [0.25, 0.3) is 0 Å². The van der Waals surface area contributed by atoms with Crippen LogP contribution in [0.2, 0.25) is 0 Å². The van der Waals surface area contributed by atoms with Crippen LogP contribution in [-0.4, -0.2) is 11.9 Å². The molecule has 0 amide bonds. The second kappa shape index (κ2) is 5.37. The average molecular weight is 277 g/mol. The van der Waals surface area contributed by atoms with Crippen LogP contribution in [-0.2, 0) is 9.53 Å². The molecule has 0 unspecified atom stereocenters. The summed E-state index contributed by atoms with van der Waals surface area (Å²) in [5.41, 5.74) is 4.14. The van der Waals surface area contributed by atoms with Crippen LogP contribution in [0.5, 0.6) is 0 Å². The Morgan fingerprint density at radius 2 is 1.81 bits per heavy atom. The van der Waals surface area contributed by atoms with Gasteiger partial charge in [-0.2, -0.15) is 0 Å². The second-order valence-electron chi connectivity index (χ2n) is 5.02. The highest BCUT2D eigenvalue weighted by molar-refractivity contribution is 6.14. The Labute approximate surface area is 123 Å². The van der Waals surface area contributed by atoms with Gasteiger partial charge in [0.1, 0.15) is 0 Å². The van der Waals surface area contributed by atoms with Crippen molar-refractivity contribution in [2.24, 2.45) is 4.99 Å². The third-order valence-corrected chi connectivity index (χ3v) is 3.42. The van der Waals surface area contributed by atoms with E-state index < -0.39 is 5.97 Å². The molecule has 2 aromatic carbocycles. The quantitative estimate of drug-likeness (QED) is 0.619. The zero-order valence-electron chi connectivity index (χ0n) is 12.0. The number of aliphatic imine (C=N–C) groups is 1. The summed E-state index contributed by atoms with van der Waals surface area (Å²) in [6.07, 6.45) is 0. The van der Waals surface area contributed by atoms with E-state index in [0.717, 1.165) is 22.3 Å². The number of cyclic esters (lactones) is 1. The summed E-state index contributed by atoms with van der Waals surface area (Å²) in [6, 6.07) is 17.4. The number of hydrogen-bond acceptors (Lipinski definition) is 3. The lowest BCUT2D eigenvalue weighted by Gasteiger charge is -2.03. The van der Waals surface area contributed by atoms with Crippen LogP contribution in [0.25, 0.3) is 5.57 Å². The van der Waals surface area contributed by atoms with E-state index in [1.807, 2.05) is 68.4 Å². The molecule has 3 rings (SSSR count). The molecule has 2 aromatic rings. The molecule has 0 atom stereocenters. The molecule has 3 heteroatoms. The molecule has 0 aromatic heterocycles. The summed E-state index contributed by atoms with van der Waals surface area (Å²) >= 11 is 0. The lowest BCUT2D eigenvalue weighted by Crippen LogP contribution is -2.05. The molecular weight excluding hydrogens is 262 g/mol. The van der Waals surface area contributed by atoms with Crippen molar-refractivity contribution in [2.75, 3.05) is 0 Å². The van der Waals surface area contributed by atoms with Gasteiger partial charge in [0.15, 0.2) is 5.70 Å². The molecule has 21 heavy (non-hydrogen) atoms. The van der Waals surface area contributed by atoms with E-state index in [0.29, 0.717) is 11.6 Å². The number of carbonyl (C=O) groups is 1. The molecule has 0 spiro atoms. The fraction of sp³-hybridized carbons (Fsp3) is 0.111. The van der Waals surface area contributed by atoms with E-state index in [2.05, 4.69) is 4.99 Å². The minimum atomic E-state index is -0.396. The largest absolute Gasteiger partial charge is 0.402 e. The summed E-state index contributed by atoms with van der Waals surface area (Å²) in [5, 5.41) is 0. The van der Waals surface area contributed by atoms with Crippen LogP contribution < -0.4 is 0 Å². The Balaban J connectivity index is 2.04. The van der Waals surface area contributed by atoms with Gasteiger partial charge >= 0.3 is 5.97 Å². The van der Waals surface area contributed by atoms with Gasteiger partial charge < -0.3 is 4.74 Å². The van der Waals surface area contributed by atoms with E-state index >= 15 is 0 Å². The van der Waals surface area contributed by atoms with E-state index in [1.54, 1.807) is 0 Å². The Bertz CT molecular complexity index is 758. The van der Waals surface area contributed by atoms with Crippen LogP contribution in [0.15, 0.2) is 65.3 Å². The first-order valence-corrected chi connectivity index (χ1v) is 6.79. The SMILES string of the molecule is CC(=C1N=C(c2ccccc2)OC1=O)c1cccc(C)c1. The van der Waals surface area contributed by atoms with Crippen LogP contribution in [0.4, 0.5) is 0 Å². The Kier molecular flexibility index (Phi) is 3.40. The van der Waals surface area contributed by atoms with Gasteiger partial charge in [0.05, 0.1) is 0 Å². The summed E-state index contributed by atoms with van der Waals surface area (Å²) in [4.78, 5) is 16.4. The summed E-state index contributed by atoms with van der Waals surface area (Å²) < 4.78 is 5.29. The molecule has 1 aliphatic rings. The van der Waals surface area contributed by atoms with Gasteiger partial charge in [-0.3, -0.25) is 0 Å². The molecule has 1 heterocycles. The van der Waals surface area contributed by atoms with Crippen LogP contribution in [0.1, 0.15) is 23.6 Å². The maximum absolute atomic E-state index is 12.1. The predicted octanol–water partition coefficient (Wildman–Crippen LogP) is 3.73. The summed E-state index contributed by atoms with van der Waals surface area (Å²) in [7, 11) is 0. The Hall–Kier alpha value is -2.68. The zero-order chi connectivity index (χ0) is 14.8. The van der Waals surface area contributed by atoms with Crippen molar-refractivity contribution in [3.63, 3.8) is 0 Å². The topological polar surface area (TPSA) is 38.7 Å². The zero-order valence-corrected chi connectivity index (χ0v) is 12.0. The number of benzene rings is 2. The van der Waals surface area contributed by atoms with Crippen molar-refractivity contribution in [1.29, 1.82) is 0 Å². The molecule has 104 valence electrons. The van der Waals surface area contributed by atoms with Crippen molar-refractivity contribution in [2.45, 2.75) is 13.8 Å². The van der Waals surface area contributed by atoms with Crippen molar-refractivity contribution >= 4 is 17.4 Å². The van der Waals surface area contributed by atoms with Gasteiger partial charge in [-0.25, -0.2) is 9.79 Å². The van der Waals surface area contributed by atoms with Gasteiger partial charge in [-0.1, -0.05) is 48.0 Å². The average Bonchev–Trinajstić information content (AvgIpc) is 2.89. The third-order valence-electron chi connectivity index (χ3n) is 3.42. The third kappa shape index (κ3) is 2.63. The molecule has 0 aliphatic carbocycles. The first kappa shape index (κ1) is 13.3. The number of nitrogens with zero attached hydrogens (tertiary/aromatic N) is 1. The van der Waals surface area contributed by atoms with Crippen molar-refractivity contribution in [3.05, 3.63) is 77.0 Å². The monoisotopic (exact) mass is 277 g/mol. The molecule has 0 bridgehead atoms. The van der Waals surface area contributed by atoms with Crippen molar-refractivity contribution < 1.29 is 9.53 Å². The van der Waals surface area contributed by atoms with Gasteiger partial charge in [-0.15, -0.1) is 0 Å². The van der Waals surface area contributed by atoms with E-state index in [1.165, 1.54) is 0 Å². The predicted molar refractivity (Wildman–Crippen MR) is 82.8 cm³/mol. The highest BCUT2D eigenvalue weighted by Crippen LogP contribution is 2.25. The minimum Gasteiger partial charge on any atom is -0.402 e. The number of hydrogen-bond donors (Lipinski definition) is 0. The molecular formula is C18H15NO2. The van der Waals surface area contributed by atoms with Crippen LogP contribution in [0, 0.1) is 6.92 Å². The highest BCUT2D eigenvalue weighted by atomic mass is 16.6. The Morgan fingerprint density at radius 3 is 2.52 bits per heavy atom. The fourth-order valence-electron chi connectivity index (χ4n) is 2.26. The number of rotatable bonds is 2. The standard InChI is InChI=1S/C18H15NO2/c1-12-7-6-10-15(11-12)13(2)16-18(20)21-17(19-16)14-8-4-3-5-9-14/h3-11H,1-2H3. The normalized spacial score (nSPS) is 16.5. The minimum absolute atomic E-state index is 0.364. The second-order valence-corrected chi connectivity index (χ2v) is 5.02. The lowest BCUT2D eigenvalue weighted by atomic mass is 10.0. The molecule has 0 saturated carbocycles. The lowest BCUT2D eigenvalue weighted by molar-refractivity contribution is -0.129. The van der Waals surface area contributed by atoms with Gasteiger partial charge in [0, 0.05) is 5.56 Å². The highest BCUT2D eigenvalue weighted by Gasteiger charge is 2.26.